The van der Waals surface area contributed by atoms with Crippen LogP contribution < -0.4 is 9.30 Å². The molecule has 0 fully saturated rings. The Morgan fingerprint density at radius 1 is 1.09 bits per heavy atom. The van der Waals surface area contributed by atoms with Gasteiger partial charge in [0.25, 0.3) is 0 Å². The van der Waals surface area contributed by atoms with Crippen molar-refractivity contribution >= 4 is 21.7 Å². The molecule has 4 nitrogen and oxygen atoms in total. The Kier molecular flexibility index (Phi) is 3.92. The van der Waals surface area contributed by atoms with E-state index in [2.05, 4.69) is 0 Å². The summed E-state index contributed by atoms with van der Waals surface area (Å²) in [5.41, 5.74) is 0.757. The Bertz CT molecular complexity index is 831. The van der Waals surface area contributed by atoms with Gasteiger partial charge in [-0.3, -0.25) is 0 Å². The molecular weight excluding hydrogens is 285 g/mol. The molecule has 0 aliphatic rings. The number of aliphatic hydroxyl groups excluding tert-OH is 2. The molecule has 0 bridgehead atoms. The normalized spacial score (nSPS) is 11.5. The summed E-state index contributed by atoms with van der Waals surface area (Å²) in [4.78, 5) is 0. The molecule has 0 aliphatic heterocycles. The van der Waals surface area contributed by atoms with Crippen molar-refractivity contribution in [3.8, 4) is 5.75 Å². The van der Waals surface area contributed by atoms with Crippen molar-refractivity contribution in [3.05, 3.63) is 48.4 Å². The number of nitrogens with zero attached hydrogens (tertiary/aromatic N) is 1. The van der Waals surface area contributed by atoms with Gasteiger partial charge in [-0.15, -0.1) is 0 Å². The molecule has 0 spiro atoms. The van der Waals surface area contributed by atoms with Gasteiger partial charge in [0.05, 0.1) is 17.9 Å². The number of methoxy groups -OCH3 is 1. The fourth-order valence-electron chi connectivity index (χ4n) is 2.72. The molecule has 1 heterocycles. The zero-order valence-electron chi connectivity index (χ0n) is 12.2. The van der Waals surface area contributed by atoms with Gasteiger partial charge in [0.15, 0.2) is 6.20 Å². The first-order valence-electron chi connectivity index (χ1n) is 7.01. The molecule has 114 valence electrons. The summed E-state index contributed by atoms with van der Waals surface area (Å²) >= 11 is 0. The maximum atomic E-state index is 13.7. The third kappa shape index (κ3) is 2.38. The Morgan fingerprint density at radius 2 is 1.86 bits per heavy atom. The predicted octanol–water partition coefficient (Wildman–Crippen LogP) is 1.95. The number of halogens is 1. The monoisotopic (exact) mass is 302 g/mol. The van der Waals surface area contributed by atoms with Gasteiger partial charge < -0.3 is 14.9 Å². The van der Waals surface area contributed by atoms with Crippen LogP contribution in [-0.4, -0.2) is 30.5 Å². The first-order chi connectivity index (χ1) is 10.7. The number of hydrogen-bond donors (Lipinski definition) is 2. The Hall–Kier alpha value is -2.24. The number of benzene rings is 2. The fourth-order valence-corrected chi connectivity index (χ4v) is 2.72. The summed E-state index contributed by atoms with van der Waals surface area (Å²) < 4.78 is 20.7. The lowest BCUT2D eigenvalue weighted by atomic mass is 10.0. The lowest BCUT2D eigenvalue weighted by Gasteiger charge is -2.12. The maximum Gasteiger partial charge on any atom is 0.213 e. The molecule has 0 radical (unpaired) electrons. The van der Waals surface area contributed by atoms with E-state index >= 15 is 0 Å². The van der Waals surface area contributed by atoms with Crippen LogP contribution in [0.15, 0.2) is 42.6 Å². The van der Waals surface area contributed by atoms with Gasteiger partial charge in [0.2, 0.25) is 11.6 Å². The van der Waals surface area contributed by atoms with E-state index in [-0.39, 0.29) is 19.0 Å². The van der Waals surface area contributed by atoms with E-state index in [0.29, 0.717) is 5.75 Å². The van der Waals surface area contributed by atoms with Gasteiger partial charge in [0.1, 0.15) is 24.8 Å². The zero-order chi connectivity index (χ0) is 15.7. The number of aromatic nitrogens is 1. The van der Waals surface area contributed by atoms with Crippen molar-refractivity contribution in [2.75, 3.05) is 20.3 Å². The molecule has 5 heteroatoms. The molecule has 1 aromatic heterocycles. The summed E-state index contributed by atoms with van der Waals surface area (Å²) in [6, 6.07) is 9.57. The van der Waals surface area contributed by atoms with E-state index in [4.69, 9.17) is 4.74 Å². The minimum absolute atomic E-state index is 0.205. The maximum absolute atomic E-state index is 13.7. The van der Waals surface area contributed by atoms with Gasteiger partial charge in [0, 0.05) is 11.5 Å². The number of pyridine rings is 1. The van der Waals surface area contributed by atoms with Crippen LogP contribution in [0.25, 0.3) is 21.7 Å². The van der Waals surface area contributed by atoms with Crippen LogP contribution in [0, 0.1) is 5.82 Å². The van der Waals surface area contributed by atoms with Crippen LogP contribution in [0.5, 0.6) is 5.75 Å². The van der Waals surface area contributed by atoms with Gasteiger partial charge >= 0.3 is 0 Å². The molecule has 22 heavy (non-hydrogen) atoms. The fraction of sp³-hybridized carbons (Fsp3) is 0.235. The van der Waals surface area contributed by atoms with Crippen LogP contribution in [-0.2, 0) is 0 Å². The van der Waals surface area contributed by atoms with Crippen molar-refractivity contribution in [2.24, 2.45) is 0 Å². The second-order valence-electron chi connectivity index (χ2n) is 5.17. The van der Waals surface area contributed by atoms with E-state index in [1.54, 1.807) is 17.7 Å². The topological polar surface area (TPSA) is 53.6 Å². The quantitative estimate of drug-likeness (QED) is 0.572. The lowest BCUT2D eigenvalue weighted by molar-refractivity contribution is -0.700. The van der Waals surface area contributed by atoms with Crippen molar-refractivity contribution in [3.63, 3.8) is 0 Å². The van der Waals surface area contributed by atoms with E-state index in [1.165, 1.54) is 12.1 Å². The molecule has 3 rings (SSSR count). The molecule has 0 aliphatic carbocycles. The molecular formula is C17H17FNO3+. The highest BCUT2D eigenvalue weighted by atomic mass is 19.1. The van der Waals surface area contributed by atoms with Gasteiger partial charge in [-0.05, 0) is 30.3 Å². The number of hydrogen-bond acceptors (Lipinski definition) is 3. The summed E-state index contributed by atoms with van der Waals surface area (Å²) in [5.74, 6) is 0.367. The van der Waals surface area contributed by atoms with Crippen molar-refractivity contribution in [1.82, 2.24) is 0 Å². The van der Waals surface area contributed by atoms with Crippen molar-refractivity contribution < 1.29 is 23.9 Å². The highest BCUT2D eigenvalue weighted by Crippen LogP contribution is 2.27. The van der Waals surface area contributed by atoms with E-state index in [0.717, 1.165) is 21.7 Å². The van der Waals surface area contributed by atoms with Crippen LogP contribution in [0.4, 0.5) is 4.39 Å². The number of fused-ring (bicyclic) bond motifs is 3. The van der Waals surface area contributed by atoms with Crippen LogP contribution >= 0.6 is 0 Å². The van der Waals surface area contributed by atoms with E-state index < -0.39 is 6.04 Å². The summed E-state index contributed by atoms with van der Waals surface area (Å²) in [6.45, 7) is -0.410. The first-order valence-corrected chi connectivity index (χ1v) is 7.01. The highest BCUT2D eigenvalue weighted by molar-refractivity contribution is 6.04. The lowest BCUT2D eigenvalue weighted by Crippen LogP contribution is -2.44. The largest absolute Gasteiger partial charge is 0.497 e. The first kappa shape index (κ1) is 14.7. The Balaban J connectivity index is 2.41. The summed E-state index contributed by atoms with van der Waals surface area (Å²) in [5, 5.41) is 21.4. The number of aliphatic hydroxyl groups is 2. The average Bonchev–Trinajstić information content (AvgIpc) is 2.55. The van der Waals surface area contributed by atoms with Crippen LogP contribution in [0.3, 0.4) is 0 Å². The third-order valence-corrected chi connectivity index (χ3v) is 3.88. The van der Waals surface area contributed by atoms with Gasteiger partial charge in [-0.25, -0.2) is 4.39 Å². The zero-order valence-corrected chi connectivity index (χ0v) is 12.2. The highest BCUT2D eigenvalue weighted by Gasteiger charge is 2.22. The van der Waals surface area contributed by atoms with Crippen molar-refractivity contribution in [1.29, 1.82) is 0 Å². The van der Waals surface area contributed by atoms with E-state index in [1.807, 2.05) is 24.4 Å². The SMILES string of the molecule is COc1ccc2c(c1)c[n+](C(CO)CO)c1ccc(F)cc21. The summed E-state index contributed by atoms with van der Waals surface area (Å²) in [7, 11) is 1.58. The Morgan fingerprint density at radius 3 is 2.55 bits per heavy atom. The molecule has 0 amide bonds. The average molecular weight is 302 g/mol. The minimum atomic E-state index is -0.483. The molecule has 0 saturated carbocycles. The second-order valence-corrected chi connectivity index (χ2v) is 5.17. The molecule has 0 saturated heterocycles. The van der Waals surface area contributed by atoms with Gasteiger partial charge in [-0.1, -0.05) is 0 Å². The smallest absolute Gasteiger partial charge is 0.213 e. The Labute approximate surface area is 127 Å². The van der Waals surface area contributed by atoms with E-state index in [9.17, 15) is 14.6 Å². The summed E-state index contributed by atoms with van der Waals surface area (Å²) in [6.07, 6.45) is 1.84. The molecule has 0 unspecified atom stereocenters. The number of ether oxygens (including phenoxy) is 1. The predicted molar refractivity (Wildman–Crippen MR) is 81.4 cm³/mol. The minimum Gasteiger partial charge on any atom is -0.497 e. The second kappa shape index (κ2) is 5.87. The molecule has 0 atom stereocenters. The van der Waals surface area contributed by atoms with Crippen LogP contribution in [0.1, 0.15) is 6.04 Å². The third-order valence-electron chi connectivity index (χ3n) is 3.88. The molecule has 3 aromatic rings. The van der Waals surface area contributed by atoms with Crippen molar-refractivity contribution in [2.45, 2.75) is 6.04 Å². The standard InChI is InChI=1S/C17H17FNO3/c1-22-14-3-4-15-11(6-14)8-19(13(9-20)10-21)17-5-2-12(18)7-16(15)17/h2-8,13,20-21H,9-10H2,1H3/q+1. The van der Waals surface area contributed by atoms with Crippen LogP contribution in [0.2, 0.25) is 0 Å². The molecule has 2 aromatic carbocycles. The number of rotatable bonds is 4. The van der Waals surface area contributed by atoms with Gasteiger partial charge in [-0.2, -0.15) is 4.57 Å². The molecule has 2 N–H and O–H groups in total.